The third kappa shape index (κ3) is 2.76. The maximum atomic E-state index is 9.15. The highest BCUT2D eigenvalue weighted by atomic mass is 35.5. The lowest BCUT2D eigenvalue weighted by atomic mass is 10.0. The Morgan fingerprint density at radius 2 is 2.15 bits per heavy atom. The number of quaternary nitrogens is 1. The summed E-state index contributed by atoms with van der Waals surface area (Å²) in [5.41, 5.74) is 6.90. The highest BCUT2D eigenvalue weighted by Gasteiger charge is 2.02. The maximum Gasteiger partial charge on any atom is 0.115 e. The van der Waals surface area contributed by atoms with Gasteiger partial charge in [-0.2, -0.15) is 0 Å². The first-order chi connectivity index (χ1) is 5.65. The minimum Gasteiger partial charge on any atom is -1.00 e. The topological polar surface area (TPSA) is 47.9 Å². The first kappa shape index (κ1) is 12.0. The zero-order valence-electron chi connectivity index (χ0n) is 7.68. The number of phenolic OH excluding ortho intramolecular Hbond substituents is 1. The fourth-order valence-electron chi connectivity index (χ4n) is 1.18. The molecule has 4 N–H and O–H groups in total. The zero-order chi connectivity index (χ0) is 9.14. The van der Waals surface area contributed by atoms with Crippen LogP contribution >= 0.6 is 0 Å². The van der Waals surface area contributed by atoms with Gasteiger partial charge in [0.2, 0.25) is 0 Å². The first-order valence-corrected chi connectivity index (χ1v) is 3.92. The molecule has 0 radical (unpaired) electrons. The molecule has 0 aliphatic heterocycles. The molecule has 1 aromatic carbocycles. The Kier molecular flexibility index (Phi) is 4.52. The number of rotatable bonds is 2. The third-order valence-electron chi connectivity index (χ3n) is 1.89. The Balaban J connectivity index is 0.00000144. The normalized spacial score (nSPS) is 9.08. The predicted octanol–water partition coefficient (Wildman–Crippen LogP) is -2.04. The van der Waals surface area contributed by atoms with Gasteiger partial charge in [-0.15, -0.1) is 0 Å². The van der Waals surface area contributed by atoms with Gasteiger partial charge in [0.05, 0.1) is 6.54 Å². The molecular formula is C10H14ClNO. The first-order valence-electron chi connectivity index (χ1n) is 3.92. The largest absolute Gasteiger partial charge is 1.00 e. The molecule has 0 spiro atoms. The molecule has 0 aliphatic rings. The maximum absolute atomic E-state index is 9.15. The fraction of sp³-hybridized carbons (Fsp3) is 0.200. The molecule has 0 saturated heterocycles. The summed E-state index contributed by atoms with van der Waals surface area (Å²) >= 11 is 0. The highest BCUT2D eigenvalue weighted by Crippen LogP contribution is 2.20. The van der Waals surface area contributed by atoms with Gasteiger partial charge in [0.25, 0.3) is 0 Å². The molecule has 0 aliphatic carbocycles. The van der Waals surface area contributed by atoms with Crippen LogP contribution in [0, 0.1) is 6.92 Å². The summed E-state index contributed by atoms with van der Waals surface area (Å²) in [7, 11) is 0. The monoisotopic (exact) mass is 199 g/mol. The van der Waals surface area contributed by atoms with E-state index in [1.54, 1.807) is 12.1 Å². The Morgan fingerprint density at radius 3 is 2.62 bits per heavy atom. The second kappa shape index (κ2) is 4.90. The molecule has 0 bridgehead atoms. The van der Waals surface area contributed by atoms with Crippen molar-refractivity contribution in [2.24, 2.45) is 0 Å². The summed E-state index contributed by atoms with van der Waals surface area (Å²) in [6.07, 6.45) is 0. The van der Waals surface area contributed by atoms with E-state index in [4.69, 9.17) is 5.11 Å². The van der Waals surface area contributed by atoms with Crippen LogP contribution in [0.25, 0.3) is 5.57 Å². The van der Waals surface area contributed by atoms with E-state index in [0.717, 1.165) is 16.7 Å². The summed E-state index contributed by atoms with van der Waals surface area (Å²) in [6, 6.07) is 5.28. The van der Waals surface area contributed by atoms with Gasteiger partial charge in [0.15, 0.2) is 0 Å². The lowest BCUT2D eigenvalue weighted by molar-refractivity contribution is -0.349. The molecule has 3 heteroatoms. The van der Waals surface area contributed by atoms with Crippen molar-refractivity contribution in [1.29, 1.82) is 0 Å². The molecule has 72 valence electrons. The zero-order valence-corrected chi connectivity index (χ0v) is 8.43. The number of aryl methyl sites for hydroxylation is 1. The van der Waals surface area contributed by atoms with Crippen LogP contribution in [0.15, 0.2) is 24.8 Å². The van der Waals surface area contributed by atoms with Gasteiger partial charge < -0.3 is 23.2 Å². The van der Waals surface area contributed by atoms with Crippen LogP contribution < -0.4 is 18.1 Å². The van der Waals surface area contributed by atoms with Crippen molar-refractivity contribution in [3.8, 4) is 5.75 Å². The van der Waals surface area contributed by atoms with Crippen molar-refractivity contribution in [2.45, 2.75) is 6.92 Å². The molecular weight excluding hydrogens is 186 g/mol. The van der Waals surface area contributed by atoms with Gasteiger partial charge in [-0.3, -0.25) is 0 Å². The Hall–Kier alpha value is -0.990. The van der Waals surface area contributed by atoms with Crippen molar-refractivity contribution >= 4 is 5.57 Å². The minimum atomic E-state index is 0. The number of aromatic hydroxyl groups is 1. The molecule has 0 atom stereocenters. The molecule has 0 unspecified atom stereocenters. The van der Waals surface area contributed by atoms with E-state index in [1.807, 2.05) is 13.0 Å². The van der Waals surface area contributed by atoms with Gasteiger partial charge in [0, 0.05) is 5.57 Å². The molecule has 13 heavy (non-hydrogen) atoms. The average molecular weight is 200 g/mol. The van der Waals surface area contributed by atoms with E-state index in [1.165, 1.54) is 0 Å². The van der Waals surface area contributed by atoms with Gasteiger partial charge >= 0.3 is 0 Å². The molecule has 0 fully saturated rings. The van der Waals surface area contributed by atoms with Crippen molar-refractivity contribution in [3.05, 3.63) is 35.9 Å². The molecule has 1 aromatic rings. The quantitative estimate of drug-likeness (QED) is 0.567. The van der Waals surface area contributed by atoms with Crippen molar-refractivity contribution in [2.75, 3.05) is 6.54 Å². The summed E-state index contributed by atoms with van der Waals surface area (Å²) < 4.78 is 0. The Labute approximate surface area is 84.5 Å². The van der Waals surface area contributed by atoms with Gasteiger partial charge in [-0.1, -0.05) is 12.6 Å². The molecule has 0 heterocycles. The van der Waals surface area contributed by atoms with Crippen LogP contribution in [0.3, 0.4) is 0 Å². The van der Waals surface area contributed by atoms with Crippen LogP contribution in [0.1, 0.15) is 11.1 Å². The molecule has 1 rings (SSSR count). The number of hydrogen-bond donors (Lipinski definition) is 2. The van der Waals surface area contributed by atoms with E-state index in [0.29, 0.717) is 12.3 Å². The summed E-state index contributed by atoms with van der Waals surface area (Å²) in [4.78, 5) is 0. The van der Waals surface area contributed by atoms with E-state index in [-0.39, 0.29) is 12.4 Å². The molecule has 2 nitrogen and oxygen atoms in total. The number of halogens is 1. The van der Waals surface area contributed by atoms with Crippen LogP contribution in [-0.4, -0.2) is 11.7 Å². The lowest BCUT2D eigenvalue weighted by Crippen LogP contribution is -3.00. The number of benzene rings is 1. The number of phenols is 1. The summed E-state index contributed by atoms with van der Waals surface area (Å²) in [6.45, 7) is 6.54. The van der Waals surface area contributed by atoms with E-state index < -0.39 is 0 Å². The van der Waals surface area contributed by atoms with E-state index >= 15 is 0 Å². The lowest BCUT2D eigenvalue weighted by Gasteiger charge is -2.05. The minimum absolute atomic E-state index is 0. The second-order valence-electron chi connectivity index (χ2n) is 2.85. The molecule has 0 aromatic heterocycles. The van der Waals surface area contributed by atoms with Gasteiger partial charge in [-0.05, 0) is 30.2 Å². The van der Waals surface area contributed by atoms with E-state index in [9.17, 15) is 0 Å². The SMILES string of the molecule is C=C(C[NH3+])c1ccc(O)cc1C.[Cl-]. The molecule has 0 saturated carbocycles. The fourth-order valence-corrected chi connectivity index (χ4v) is 1.18. The Bertz CT molecular complexity index is 310. The summed E-state index contributed by atoms with van der Waals surface area (Å²) in [5, 5.41) is 9.15. The second-order valence-corrected chi connectivity index (χ2v) is 2.85. The van der Waals surface area contributed by atoms with E-state index in [2.05, 4.69) is 12.3 Å². The number of hydrogen-bond acceptors (Lipinski definition) is 1. The van der Waals surface area contributed by atoms with Gasteiger partial charge in [0.1, 0.15) is 5.75 Å². The predicted molar refractivity (Wildman–Crippen MR) is 49.6 cm³/mol. The van der Waals surface area contributed by atoms with Crippen molar-refractivity contribution < 1.29 is 23.2 Å². The van der Waals surface area contributed by atoms with Crippen LogP contribution in [-0.2, 0) is 0 Å². The standard InChI is InChI=1S/C10H13NO.ClH/c1-7-5-9(12)3-4-10(7)8(2)6-11;/h3-5,12H,2,6,11H2,1H3;1H. The van der Waals surface area contributed by atoms with Crippen molar-refractivity contribution in [1.82, 2.24) is 0 Å². The van der Waals surface area contributed by atoms with Crippen LogP contribution in [0.5, 0.6) is 5.75 Å². The highest BCUT2D eigenvalue weighted by molar-refractivity contribution is 5.67. The Morgan fingerprint density at radius 1 is 1.54 bits per heavy atom. The van der Waals surface area contributed by atoms with Crippen LogP contribution in [0.4, 0.5) is 0 Å². The summed E-state index contributed by atoms with van der Waals surface area (Å²) in [5.74, 6) is 0.299. The third-order valence-corrected chi connectivity index (χ3v) is 1.89. The smallest absolute Gasteiger partial charge is 0.115 e. The molecule has 0 amide bonds. The van der Waals surface area contributed by atoms with Gasteiger partial charge in [-0.25, -0.2) is 0 Å². The average Bonchev–Trinajstić information content (AvgIpc) is 2.03. The van der Waals surface area contributed by atoms with Crippen LogP contribution in [0.2, 0.25) is 0 Å². The van der Waals surface area contributed by atoms with Crippen molar-refractivity contribution in [3.63, 3.8) is 0 Å².